The number of pyridine rings is 1. The third-order valence-electron chi connectivity index (χ3n) is 3.84. The van der Waals surface area contributed by atoms with Crippen molar-refractivity contribution in [1.82, 2.24) is 4.98 Å². The van der Waals surface area contributed by atoms with Crippen LogP contribution in [0.1, 0.15) is 33.3 Å². The third kappa shape index (κ3) is 4.32. The summed E-state index contributed by atoms with van der Waals surface area (Å²) in [6.07, 6.45) is 0. The highest BCUT2D eigenvalue weighted by atomic mass is 79.9. The number of ether oxygens (including phenoxy) is 1. The van der Waals surface area contributed by atoms with Gasteiger partial charge in [-0.25, -0.2) is 0 Å². The summed E-state index contributed by atoms with van der Waals surface area (Å²) in [7, 11) is 0. The number of amides is 1. The molecule has 0 fully saturated rings. The van der Waals surface area contributed by atoms with Crippen LogP contribution in [0.25, 0.3) is 0 Å². The molecule has 26 heavy (non-hydrogen) atoms. The molecule has 0 atom stereocenters. The number of furan rings is 1. The first kappa shape index (κ1) is 18.2. The lowest BCUT2D eigenvalue weighted by Crippen LogP contribution is -2.14. The molecule has 2 heterocycles. The topological polar surface area (TPSA) is 64.4 Å². The minimum absolute atomic E-state index is 0.235. The summed E-state index contributed by atoms with van der Waals surface area (Å²) in [5, 5.41) is 2.87. The van der Waals surface area contributed by atoms with Crippen LogP contribution in [0, 0.1) is 20.8 Å². The van der Waals surface area contributed by atoms with Crippen LogP contribution in [0.4, 0.5) is 5.69 Å². The lowest BCUT2D eigenvalue weighted by molar-refractivity contribution is 0.0992. The monoisotopic (exact) mass is 414 g/mol. The number of aryl methyl sites for hydroxylation is 3. The Hall–Kier alpha value is -2.60. The molecule has 3 aromatic rings. The number of rotatable bonds is 5. The zero-order valence-corrected chi connectivity index (χ0v) is 16.4. The SMILES string of the molecule is Cc1cc(C)c(NC(=O)c2ccc(COc3ccc(Br)cc3)o2)c(C)n1. The molecule has 134 valence electrons. The fourth-order valence-electron chi connectivity index (χ4n) is 2.65. The smallest absolute Gasteiger partial charge is 0.291 e. The number of nitrogens with zero attached hydrogens (tertiary/aromatic N) is 1. The van der Waals surface area contributed by atoms with Crippen molar-refractivity contribution >= 4 is 27.5 Å². The summed E-state index contributed by atoms with van der Waals surface area (Å²) in [4.78, 5) is 16.8. The fraction of sp³-hybridized carbons (Fsp3) is 0.200. The molecule has 0 unspecified atom stereocenters. The molecular weight excluding hydrogens is 396 g/mol. The molecule has 0 aliphatic carbocycles. The second kappa shape index (κ2) is 7.74. The van der Waals surface area contributed by atoms with Crippen molar-refractivity contribution in [3.8, 4) is 5.75 Å². The molecule has 0 spiro atoms. The van der Waals surface area contributed by atoms with Gasteiger partial charge in [0.1, 0.15) is 18.1 Å². The summed E-state index contributed by atoms with van der Waals surface area (Å²) < 4.78 is 12.2. The second-order valence-corrected chi connectivity index (χ2v) is 6.92. The number of anilines is 1. The number of benzene rings is 1. The van der Waals surface area contributed by atoms with Gasteiger partial charge < -0.3 is 14.5 Å². The van der Waals surface area contributed by atoms with Crippen LogP contribution >= 0.6 is 15.9 Å². The van der Waals surface area contributed by atoms with Gasteiger partial charge in [-0.2, -0.15) is 0 Å². The van der Waals surface area contributed by atoms with Gasteiger partial charge in [-0.15, -0.1) is 0 Å². The van der Waals surface area contributed by atoms with E-state index in [2.05, 4.69) is 26.2 Å². The first-order valence-electron chi connectivity index (χ1n) is 8.15. The molecule has 0 bridgehead atoms. The predicted octanol–water partition coefficient (Wildman–Crippen LogP) is 5.19. The molecule has 1 aromatic carbocycles. The average molecular weight is 415 g/mol. The number of carbonyl (C=O) groups is 1. The minimum Gasteiger partial charge on any atom is -0.486 e. The first-order chi connectivity index (χ1) is 12.4. The summed E-state index contributed by atoms with van der Waals surface area (Å²) in [5.74, 6) is 1.23. The van der Waals surface area contributed by atoms with Crippen molar-refractivity contribution in [2.45, 2.75) is 27.4 Å². The van der Waals surface area contributed by atoms with Crippen LogP contribution in [0.2, 0.25) is 0 Å². The zero-order valence-electron chi connectivity index (χ0n) is 14.8. The standard InChI is InChI=1S/C20H19BrN2O3/c1-12-10-13(2)22-14(3)19(12)23-20(24)18-9-8-17(26-18)11-25-16-6-4-15(21)5-7-16/h4-10H,11H2,1-3H3,(H,23,24). The Bertz CT molecular complexity index is 909. The quantitative estimate of drug-likeness (QED) is 0.623. The molecule has 0 aliphatic heterocycles. The number of carbonyl (C=O) groups excluding carboxylic acids is 1. The molecule has 3 rings (SSSR count). The molecule has 6 heteroatoms. The molecule has 5 nitrogen and oxygen atoms in total. The van der Waals surface area contributed by atoms with Gasteiger partial charge in [0, 0.05) is 10.2 Å². The molecular formula is C20H19BrN2O3. The summed E-state index contributed by atoms with van der Waals surface area (Å²) in [6.45, 7) is 5.99. The van der Waals surface area contributed by atoms with Crippen LogP contribution in [0.15, 0.2) is 51.4 Å². The fourth-order valence-corrected chi connectivity index (χ4v) is 2.91. The second-order valence-electron chi connectivity index (χ2n) is 6.00. The lowest BCUT2D eigenvalue weighted by Gasteiger charge is -2.11. The Balaban J connectivity index is 1.65. The van der Waals surface area contributed by atoms with E-state index in [1.54, 1.807) is 12.1 Å². The van der Waals surface area contributed by atoms with Gasteiger partial charge in [-0.1, -0.05) is 15.9 Å². The van der Waals surface area contributed by atoms with Gasteiger partial charge in [-0.3, -0.25) is 9.78 Å². The Labute approximate surface area is 160 Å². The molecule has 1 amide bonds. The van der Waals surface area contributed by atoms with Crippen LogP contribution in [-0.4, -0.2) is 10.9 Å². The van der Waals surface area contributed by atoms with Crippen molar-refractivity contribution in [2.24, 2.45) is 0 Å². The molecule has 0 radical (unpaired) electrons. The molecule has 1 N–H and O–H groups in total. The van der Waals surface area contributed by atoms with Gasteiger partial charge in [0.15, 0.2) is 5.76 Å². The van der Waals surface area contributed by atoms with E-state index in [4.69, 9.17) is 9.15 Å². The Morgan fingerprint density at radius 2 is 1.88 bits per heavy atom. The van der Waals surface area contributed by atoms with Crippen molar-refractivity contribution in [3.05, 3.63) is 75.4 Å². The van der Waals surface area contributed by atoms with Crippen LogP contribution in [0.5, 0.6) is 5.75 Å². The maximum absolute atomic E-state index is 12.4. The van der Waals surface area contributed by atoms with Gasteiger partial charge >= 0.3 is 0 Å². The van der Waals surface area contributed by atoms with Crippen molar-refractivity contribution in [1.29, 1.82) is 0 Å². The van der Waals surface area contributed by atoms with Crippen LogP contribution in [-0.2, 0) is 6.61 Å². The summed E-state index contributed by atoms with van der Waals surface area (Å²) in [5.41, 5.74) is 3.38. The van der Waals surface area contributed by atoms with Crippen molar-refractivity contribution in [2.75, 3.05) is 5.32 Å². The van der Waals surface area contributed by atoms with E-state index in [9.17, 15) is 4.79 Å². The number of aromatic nitrogens is 1. The van der Waals surface area contributed by atoms with Crippen molar-refractivity contribution in [3.63, 3.8) is 0 Å². The highest BCUT2D eigenvalue weighted by molar-refractivity contribution is 9.10. The van der Waals surface area contributed by atoms with Gasteiger partial charge in [0.25, 0.3) is 5.91 Å². The van der Waals surface area contributed by atoms with Gasteiger partial charge in [0.05, 0.1) is 11.4 Å². The Morgan fingerprint density at radius 1 is 1.15 bits per heavy atom. The van der Waals surface area contributed by atoms with Crippen LogP contribution < -0.4 is 10.1 Å². The first-order valence-corrected chi connectivity index (χ1v) is 8.95. The minimum atomic E-state index is -0.309. The van der Waals surface area contributed by atoms with E-state index in [-0.39, 0.29) is 18.3 Å². The maximum atomic E-state index is 12.4. The summed E-state index contributed by atoms with van der Waals surface area (Å²) in [6, 6.07) is 12.8. The number of nitrogens with one attached hydrogen (secondary N) is 1. The van der Waals surface area contributed by atoms with E-state index in [0.29, 0.717) is 11.4 Å². The number of hydrogen-bond acceptors (Lipinski definition) is 4. The van der Waals surface area contributed by atoms with E-state index >= 15 is 0 Å². The number of hydrogen-bond donors (Lipinski definition) is 1. The Kier molecular flexibility index (Phi) is 5.42. The zero-order chi connectivity index (χ0) is 18.7. The maximum Gasteiger partial charge on any atom is 0.291 e. The molecule has 2 aromatic heterocycles. The molecule has 0 saturated carbocycles. The highest BCUT2D eigenvalue weighted by Crippen LogP contribution is 2.21. The number of halogens is 1. The van der Waals surface area contributed by atoms with Crippen LogP contribution in [0.3, 0.4) is 0 Å². The van der Waals surface area contributed by atoms with E-state index in [1.807, 2.05) is 51.1 Å². The highest BCUT2D eigenvalue weighted by Gasteiger charge is 2.15. The van der Waals surface area contributed by atoms with Gasteiger partial charge in [0.2, 0.25) is 0 Å². The largest absolute Gasteiger partial charge is 0.486 e. The van der Waals surface area contributed by atoms with E-state index in [0.717, 1.165) is 27.2 Å². The molecule has 0 saturated heterocycles. The van der Waals surface area contributed by atoms with Crippen molar-refractivity contribution < 1.29 is 13.9 Å². The summed E-state index contributed by atoms with van der Waals surface area (Å²) >= 11 is 3.38. The van der Waals surface area contributed by atoms with E-state index < -0.39 is 0 Å². The van der Waals surface area contributed by atoms with Gasteiger partial charge in [-0.05, 0) is 68.8 Å². The van der Waals surface area contributed by atoms with E-state index in [1.165, 1.54) is 0 Å². The third-order valence-corrected chi connectivity index (χ3v) is 4.37. The molecule has 0 aliphatic rings. The normalized spacial score (nSPS) is 10.6. The Morgan fingerprint density at radius 3 is 2.58 bits per heavy atom. The average Bonchev–Trinajstić information content (AvgIpc) is 3.06. The lowest BCUT2D eigenvalue weighted by atomic mass is 10.1. The predicted molar refractivity (Wildman–Crippen MR) is 104 cm³/mol.